The second kappa shape index (κ2) is 6.33. The van der Waals surface area contributed by atoms with E-state index in [1.165, 1.54) is 16.9 Å². The van der Waals surface area contributed by atoms with Gasteiger partial charge >= 0.3 is 0 Å². The lowest BCUT2D eigenvalue weighted by atomic mass is 10.1. The maximum Gasteiger partial charge on any atom is 0.224 e. The van der Waals surface area contributed by atoms with Crippen molar-refractivity contribution in [3.63, 3.8) is 0 Å². The van der Waals surface area contributed by atoms with Crippen LogP contribution < -0.4 is 11.1 Å². The minimum Gasteiger partial charge on any atom is -0.375 e. The number of aromatic nitrogens is 1. The number of hydrogen-bond donors (Lipinski definition) is 2. The SMILES string of the molecule is CCc1ccc(NC(=O)CCc2csc(N)n2)cc1. The number of nitrogens with two attached hydrogens (primary N) is 1. The van der Waals surface area contributed by atoms with Crippen LogP contribution in [0.2, 0.25) is 0 Å². The first-order valence-corrected chi connectivity index (χ1v) is 7.14. The fraction of sp³-hybridized carbons (Fsp3) is 0.286. The Kier molecular flexibility index (Phi) is 4.52. The summed E-state index contributed by atoms with van der Waals surface area (Å²) in [6.45, 7) is 2.10. The molecule has 5 heteroatoms. The molecular weight excluding hydrogens is 258 g/mol. The normalized spacial score (nSPS) is 10.4. The lowest BCUT2D eigenvalue weighted by molar-refractivity contribution is -0.116. The second-order valence-corrected chi connectivity index (χ2v) is 5.17. The number of nitrogens with zero attached hydrogens (tertiary/aromatic N) is 1. The molecule has 3 N–H and O–H groups in total. The van der Waals surface area contributed by atoms with Crippen LogP contribution in [0.15, 0.2) is 29.6 Å². The van der Waals surface area contributed by atoms with Crippen molar-refractivity contribution >= 4 is 28.1 Å². The highest BCUT2D eigenvalue weighted by molar-refractivity contribution is 7.13. The second-order valence-electron chi connectivity index (χ2n) is 4.28. The van der Waals surface area contributed by atoms with Gasteiger partial charge in [-0.3, -0.25) is 4.79 Å². The van der Waals surface area contributed by atoms with E-state index in [2.05, 4.69) is 17.2 Å². The molecule has 0 aliphatic carbocycles. The molecule has 0 saturated carbocycles. The number of amides is 1. The van der Waals surface area contributed by atoms with Gasteiger partial charge in [0, 0.05) is 17.5 Å². The van der Waals surface area contributed by atoms with Gasteiger partial charge in [-0.15, -0.1) is 11.3 Å². The fourth-order valence-electron chi connectivity index (χ4n) is 1.73. The van der Waals surface area contributed by atoms with E-state index in [9.17, 15) is 4.79 Å². The highest BCUT2D eigenvalue weighted by atomic mass is 32.1. The smallest absolute Gasteiger partial charge is 0.224 e. The summed E-state index contributed by atoms with van der Waals surface area (Å²) in [5, 5.41) is 5.31. The zero-order chi connectivity index (χ0) is 13.7. The maximum absolute atomic E-state index is 11.8. The molecule has 2 aromatic rings. The first kappa shape index (κ1) is 13.5. The third kappa shape index (κ3) is 4.06. The summed E-state index contributed by atoms with van der Waals surface area (Å²) < 4.78 is 0. The molecule has 0 unspecified atom stereocenters. The van der Waals surface area contributed by atoms with Crippen LogP contribution in [0.3, 0.4) is 0 Å². The summed E-state index contributed by atoms with van der Waals surface area (Å²) in [7, 11) is 0. The van der Waals surface area contributed by atoms with Gasteiger partial charge in [0.05, 0.1) is 5.69 Å². The van der Waals surface area contributed by atoms with Crippen molar-refractivity contribution in [3.05, 3.63) is 40.9 Å². The van der Waals surface area contributed by atoms with Gasteiger partial charge < -0.3 is 11.1 Å². The van der Waals surface area contributed by atoms with Gasteiger partial charge in [0.2, 0.25) is 5.91 Å². The highest BCUT2D eigenvalue weighted by Crippen LogP contribution is 2.14. The van der Waals surface area contributed by atoms with Gasteiger partial charge in [0.25, 0.3) is 0 Å². The third-order valence-electron chi connectivity index (χ3n) is 2.82. The molecule has 0 spiro atoms. The molecule has 2 rings (SSSR count). The van der Waals surface area contributed by atoms with Gasteiger partial charge in [-0.05, 0) is 30.5 Å². The van der Waals surface area contributed by atoms with Crippen LogP contribution in [0, 0.1) is 0 Å². The number of aryl methyl sites for hydroxylation is 2. The average Bonchev–Trinajstić information content (AvgIpc) is 2.83. The van der Waals surface area contributed by atoms with Crippen molar-refractivity contribution in [1.29, 1.82) is 0 Å². The molecule has 0 radical (unpaired) electrons. The largest absolute Gasteiger partial charge is 0.375 e. The Labute approximate surface area is 116 Å². The predicted octanol–water partition coefficient (Wildman–Crippen LogP) is 2.86. The Bertz CT molecular complexity index is 548. The summed E-state index contributed by atoms with van der Waals surface area (Å²) in [5.41, 5.74) is 8.51. The molecule has 4 nitrogen and oxygen atoms in total. The van der Waals surface area contributed by atoms with Crippen LogP contribution in [0.1, 0.15) is 24.6 Å². The molecular formula is C14H17N3OS. The number of benzene rings is 1. The summed E-state index contributed by atoms with van der Waals surface area (Å²) in [6, 6.07) is 7.91. The minimum absolute atomic E-state index is 0.00387. The highest BCUT2D eigenvalue weighted by Gasteiger charge is 2.05. The number of hydrogen-bond acceptors (Lipinski definition) is 4. The molecule has 0 saturated heterocycles. The molecule has 0 aliphatic heterocycles. The molecule has 1 heterocycles. The Morgan fingerprint density at radius 1 is 1.37 bits per heavy atom. The van der Waals surface area contributed by atoms with Crippen LogP contribution in [-0.2, 0) is 17.6 Å². The molecule has 1 aromatic carbocycles. The van der Waals surface area contributed by atoms with Gasteiger partial charge in [-0.1, -0.05) is 19.1 Å². The third-order valence-corrected chi connectivity index (χ3v) is 3.55. The average molecular weight is 275 g/mol. The molecule has 0 aliphatic rings. The number of nitrogen functional groups attached to an aromatic ring is 1. The number of nitrogens with one attached hydrogen (secondary N) is 1. The topological polar surface area (TPSA) is 68.0 Å². The van der Waals surface area contributed by atoms with Crippen LogP contribution in [0.5, 0.6) is 0 Å². The number of thiazole rings is 1. The molecule has 1 amide bonds. The molecule has 0 atom stereocenters. The summed E-state index contributed by atoms with van der Waals surface area (Å²) >= 11 is 1.40. The van der Waals surface area contributed by atoms with Crippen LogP contribution in [0.4, 0.5) is 10.8 Å². The van der Waals surface area contributed by atoms with Gasteiger partial charge in [-0.25, -0.2) is 4.98 Å². The standard InChI is InChI=1S/C14H17N3OS/c1-2-10-3-5-11(6-4-10)16-13(18)8-7-12-9-19-14(15)17-12/h3-6,9H,2,7-8H2,1H3,(H2,15,17)(H,16,18). The van der Waals surface area contributed by atoms with Crippen molar-refractivity contribution < 1.29 is 4.79 Å². The maximum atomic E-state index is 11.8. The van der Waals surface area contributed by atoms with Crippen LogP contribution in [0.25, 0.3) is 0 Å². The Morgan fingerprint density at radius 2 is 2.11 bits per heavy atom. The van der Waals surface area contributed by atoms with Gasteiger partial charge in [-0.2, -0.15) is 0 Å². The van der Waals surface area contributed by atoms with Crippen molar-refractivity contribution in [2.45, 2.75) is 26.2 Å². The van der Waals surface area contributed by atoms with E-state index in [1.54, 1.807) is 0 Å². The summed E-state index contributed by atoms with van der Waals surface area (Å²) in [6.07, 6.45) is 2.03. The van der Waals surface area contributed by atoms with Crippen LogP contribution in [-0.4, -0.2) is 10.9 Å². The number of carbonyl (C=O) groups excluding carboxylic acids is 1. The zero-order valence-corrected chi connectivity index (χ0v) is 11.7. The molecule has 19 heavy (non-hydrogen) atoms. The van der Waals surface area contributed by atoms with Gasteiger partial charge in [0.15, 0.2) is 5.13 Å². The lowest BCUT2D eigenvalue weighted by Crippen LogP contribution is -2.12. The van der Waals surface area contributed by atoms with Crippen molar-refractivity contribution in [1.82, 2.24) is 4.98 Å². The van der Waals surface area contributed by atoms with E-state index in [-0.39, 0.29) is 5.91 Å². The fourth-order valence-corrected chi connectivity index (χ4v) is 2.32. The van der Waals surface area contributed by atoms with E-state index >= 15 is 0 Å². The first-order valence-electron chi connectivity index (χ1n) is 6.26. The van der Waals surface area contributed by atoms with E-state index in [0.717, 1.165) is 17.8 Å². The van der Waals surface area contributed by atoms with Gasteiger partial charge in [0.1, 0.15) is 0 Å². The molecule has 0 fully saturated rings. The minimum atomic E-state index is -0.00387. The lowest BCUT2D eigenvalue weighted by Gasteiger charge is -2.05. The Hall–Kier alpha value is -1.88. The molecule has 100 valence electrons. The monoisotopic (exact) mass is 275 g/mol. The Morgan fingerprint density at radius 3 is 2.68 bits per heavy atom. The molecule has 0 bridgehead atoms. The van der Waals surface area contributed by atoms with E-state index in [0.29, 0.717) is 18.0 Å². The van der Waals surface area contributed by atoms with E-state index in [4.69, 9.17) is 5.73 Å². The first-order chi connectivity index (χ1) is 9.17. The van der Waals surface area contributed by atoms with Crippen LogP contribution >= 0.6 is 11.3 Å². The predicted molar refractivity (Wildman–Crippen MR) is 79.3 cm³/mol. The zero-order valence-electron chi connectivity index (χ0n) is 10.8. The van der Waals surface area contributed by atoms with Crippen molar-refractivity contribution in [3.8, 4) is 0 Å². The van der Waals surface area contributed by atoms with Crippen molar-refractivity contribution in [2.75, 3.05) is 11.1 Å². The van der Waals surface area contributed by atoms with Crippen molar-refractivity contribution in [2.24, 2.45) is 0 Å². The Balaban J connectivity index is 1.83. The summed E-state index contributed by atoms with van der Waals surface area (Å²) in [5.74, 6) is -0.00387. The quantitative estimate of drug-likeness (QED) is 0.881. The molecule has 1 aromatic heterocycles. The summed E-state index contributed by atoms with van der Waals surface area (Å²) in [4.78, 5) is 15.9. The number of anilines is 2. The number of carbonyl (C=O) groups is 1. The van der Waals surface area contributed by atoms with E-state index < -0.39 is 0 Å². The number of rotatable bonds is 5. The van der Waals surface area contributed by atoms with E-state index in [1.807, 2.05) is 29.6 Å².